The van der Waals surface area contributed by atoms with Gasteiger partial charge in [0.15, 0.2) is 5.79 Å². The zero-order valence-electron chi connectivity index (χ0n) is 8.44. The van der Waals surface area contributed by atoms with Gasteiger partial charge < -0.3 is 14.2 Å². The molecule has 14 heavy (non-hydrogen) atoms. The summed E-state index contributed by atoms with van der Waals surface area (Å²) in [6, 6.07) is 0. The minimum Gasteiger partial charge on any atom is -0.369 e. The molecule has 0 aromatic rings. The van der Waals surface area contributed by atoms with Gasteiger partial charge in [-0.3, -0.25) is 0 Å². The first-order valence-corrected chi connectivity index (χ1v) is 5.76. The van der Waals surface area contributed by atoms with Gasteiger partial charge in [-0.1, -0.05) is 6.92 Å². The van der Waals surface area contributed by atoms with Gasteiger partial charge in [-0.15, -0.1) is 0 Å². The Balaban J connectivity index is 1.65. The zero-order valence-corrected chi connectivity index (χ0v) is 8.44. The van der Waals surface area contributed by atoms with Crippen molar-refractivity contribution in [3.8, 4) is 0 Å². The lowest BCUT2D eigenvalue weighted by Crippen LogP contribution is -2.65. The van der Waals surface area contributed by atoms with E-state index in [4.69, 9.17) is 14.2 Å². The molecule has 5 atom stereocenters. The van der Waals surface area contributed by atoms with E-state index >= 15 is 0 Å². The summed E-state index contributed by atoms with van der Waals surface area (Å²) < 4.78 is 17.4. The molecular formula is C11H16O3. The van der Waals surface area contributed by atoms with Crippen LogP contribution in [0.25, 0.3) is 0 Å². The van der Waals surface area contributed by atoms with Gasteiger partial charge in [0, 0.05) is 17.8 Å². The fraction of sp³-hybridized carbons (Fsp3) is 1.00. The highest BCUT2D eigenvalue weighted by Crippen LogP contribution is 2.63. The van der Waals surface area contributed by atoms with Gasteiger partial charge in [0.1, 0.15) is 0 Å². The normalized spacial score (nSPS) is 57.6. The molecule has 1 spiro atoms. The number of fused-ring (bicyclic) bond motifs is 4. The average Bonchev–Trinajstić information content (AvgIpc) is 2.78. The van der Waals surface area contributed by atoms with E-state index in [0.717, 1.165) is 13.2 Å². The second kappa shape index (κ2) is 2.34. The molecule has 0 aromatic carbocycles. The number of epoxide rings is 1. The van der Waals surface area contributed by atoms with Crippen molar-refractivity contribution in [1.82, 2.24) is 0 Å². The molecule has 0 amide bonds. The third-order valence-electron chi connectivity index (χ3n) is 4.70. The fourth-order valence-electron chi connectivity index (χ4n) is 4.00. The smallest absolute Gasteiger partial charge is 0.174 e. The standard InChI is InChI=1S/C11H16O3/c1-6-9-7(2-3-8-10(9)14-8)11(6)12-4-5-13-11/h6-10H,2-5H2,1H3/t6-,7-,8+,9-,10+/m0/s1. The first kappa shape index (κ1) is 8.08. The minimum absolute atomic E-state index is 0.207. The van der Waals surface area contributed by atoms with Crippen LogP contribution in [-0.2, 0) is 14.2 Å². The van der Waals surface area contributed by atoms with Crippen LogP contribution in [0, 0.1) is 17.8 Å². The molecule has 2 heterocycles. The zero-order chi connectivity index (χ0) is 9.34. The molecule has 3 nitrogen and oxygen atoms in total. The summed E-state index contributed by atoms with van der Waals surface area (Å²) in [6.07, 6.45) is 3.57. The van der Waals surface area contributed by atoms with E-state index in [1.807, 2.05) is 0 Å². The highest BCUT2D eigenvalue weighted by molar-refractivity contribution is 5.14. The van der Waals surface area contributed by atoms with Gasteiger partial charge in [0.25, 0.3) is 0 Å². The third kappa shape index (κ3) is 0.730. The van der Waals surface area contributed by atoms with Crippen LogP contribution in [0.1, 0.15) is 19.8 Å². The van der Waals surface area contributed by atoms with Crippen LogP contribution in [0.15, 0.2) is 0 Å². The Hall–Kier alpha value is -0.120. The Bertz CT molecular complexity index is 272. The fourth-order valence-corrected chi connectivity index (χ4v) is 4.00. The highest BCUT2D eigenvalue weighted by atomic mass is 16.7. The highest BCUT2D eigenvalue weighted by Gasteiger charge is 2.71. The van der Waals surface area contributed by atoms with Crippen molar-refractivity contribution in [2.45, 2.75) is 37.8 Å². The molecule has 3 heteroatoms. The van der Waals surface area contributed by atoms with E-state index in [9.17, 15) is 0 Å². The first-order chi connectivity index (χ1) is 6.83. The molecule has 4 rings (SSSR count). The van der Waals surface area contributed by atoms with Crippen molar-refractivity contribution in [3.05, 3.63) is 0 Å². The Morgan fingerprint density at radius 1 is 1.14 bits per heavy atom. The van der Waals surface area contributed by atoms with Gasteiger partial charge in [-0.2, -0.15) is 0 Å². The summed E-state index contributed by atoms with van der Waals surface area (Å²) in [5, 5.41) is 0. The molecule has 0 bridgehead atoms. The van der Waals surface area contributed by atoms with E-state index in [1.54, 1.807) is 0 Å². The number of rotatable bonds is 0. The first-order valence-electron chi connectivity index (χ1n) is 5.76. The van der Waals surface area contributed by atoms with Gasteiger partial charge >= 0.3 is 0 Å². The van der Waals surface area contributed by atoms with Crippen molar-refractivity contribution in [1.29, 1.82) is 0 Å². The van der Waals surface area contributed by atoms with Gasteiger partial charge in [0.05, 0.1) is 25.4 Å². The van der Waals surface area contributed by atoms with Crippen molar-refractivity contribution in [2.75, 3.05) is 13.2 Å². The van der Waals surface area contributed by atoms with Crippen molar-refractivity contribution < 1.29 is 14.2 Å². The van der Waals surface area contributed by atoms with Crippen molar-refractivity contribution in [3.63, 3.8) is 0 Å². The predicted octanol–water partition coefficient (Wildman–Crippen LogP) is 1.17. The molecule has 4 aliphatic rings. The SMILES string of the molecule is C[C@H]1[C@@H]2[C@@H]3O[C@@H]3CC[C@@H]2C12OCCO2. The lowest BCUT2D eigenvalue weighted by Gasteiger charge is -2.57. The molecule has 2 aliphatic heterocycles. The van der Waals surface area contributed by atoms with E-state index in [1.165, 1.54) is 12.8 Å². The Kier molecular flexibility index (Phi) is 1.35. The van der Waals surface area contributed by atoms with Crippen LogP contribution in [0.5, 0.6) is 0 Å². The molecule has 2 saturated heterocycles. The van der Waals surface area contributed by atoms with Gasteiger partial charge in [-0.05, 0) is 12.8 Å². The third-order valence-corrected chi connectivity index (χ3v) is 4.70. The molecule has 2 saturated carbocycles. The quantitative estimate of drug-likeness (QED) is 0.545. The summed E-state index contributed by atoms with van der Waals surface area (Å²) >= 11 is 0. The van der Waals surface area contributed by atoms with Crippen molar-refractivity contribution in [2.24, 2.45) is 17.8 Å². The molecule has 4 fully saturated rings. The average molecular weight is 196 g/mol. The van der Waals surface area contributed by atoms with Crippen molar-refractivity contribution >= 4 is 0 Å². The maximum atomic E-state index is 5.85. The molecule has 0 unspecified atom stereocenters. The molecule has 0 aromatic heterocycles. The Labute approximate surface area is 83.7 Å². The predicted molar refractivity (Wildman–Crippen MR) is 48.7 cm³/mol. The lowest BCUT2D eigenvalue weighted by atomic mass is 9.54. The monoisotopic (exact) mass is 196 g/mol. The summed E-state index contributed by atoms with van der Waals surface area (Å²) in [7, 11) is 0. The molecule has 78 valence electrons. The number of hydrogen-bond donors (Lipinski definition) is 0. The summed E-state index contributed by atoms with van der Waals surface area (Å²) in [5.74, 6) is 1.66. The van der Waals surface area contributed by atoms with Crippen LogP contribution < -0.4 is 0 Å². The molecule has 2 aliphatic carbocycles. The largest absolute Gasteiger partial charge is 0.369 e. The Morgan fingerprint density at radius 3 is 2.71 bits per heavy atom. The topological polar surface area (TPSA) is 31.0 Å². The van der Waals surface area contributed by atoms with Crippen LogP contribution in [0.2, 0.25) is 0 Å². The lowest BCUT2D eigenvalue weighted by molar-refractivity contribution is -0.321. The Morgan fingerprint density at radius 2 is 1.93 bits per heavy atom. The van der Waals surface area contributed by atoms with Crippen LogP contribution in [-0.4, -0.2) is 31.2 Å². The van der Waals surface area contributed by atoms with Gasteiger partial charge in [-0.25, -0.2) is 0 Å². The van der Waals surface area contributed by atoms with E-state index in [0.29, 0.717) is 30.0 Å². The number of ether oxygens (including phenoxy) is 3. The van der Waals surface area contributed by atoms with E-state index < -0.39 is 0 Å². The second-order valence-corrected chi connectivity index (χ2v) is 5.11. The minimum atomic E-state index is -0.207. The maximum Gasteiger partial charge on any atom is 0.174 e. The molecular weight excluding hydrogens is 180 g/mol. The number of hydrogen-bond acceptors (Lipinski definition) is 3. The summed E-state index contributed by atoms with van der Waals surface area (Å²) in [6.45, 7) is 3.82. The second-order valence-electron chi connectivity index (χ2n) is 5.11. The van der Waals surface area contributed by atoms with E-state index in [2.05, 4.69) is 6.92 Å². The molecule has 0 radical (unpaired) electrons. The van der Waals surface area contributed by atoms with Crippen LogP contribution >= 0.6 is 0 Å². The van der Waals surface area contributed by atoms with Gasteiger partial charge in [0.2, 0.25) is 0 Å². The van der Waals surface area contributed by atoms with E-state index in [-0.39, 0.29) is 5.79 Å². The summed E-state index contributed by atoms with van der Waals surface area (Å²) in [4.78, 5) is 0. The van der Waals surface area contributed by atoms with Crippen LogP contribution in [0.4, 0.5) is 0 Å². The molecule has 0 N–H and O–H groups in total. The van der Waals surface area contributed by atoms with Crippen LogP contribution in [0.3, 0.4) is 0 Å². The summed E-state index contributed by atoms with van der Waals surface area (Å²) in [5.41, 5.74) is 0. The maximum absolute atomic E-state index is 5.85.